The number of aromatic nitrogens is 3. The minimum atomic E-state index is -0.299. The molecule has 0 bridgehead atoms. The van der Waals surface area contributed by atoms with Crippen LogP contribution < -0.4 is 0 Å². The van der Waals surface area contributed by atoms with Crippen LogP contribution in [-0.2, 0) is 6.54 Å². The summed E-state index contributed by atoms with van der Waals surface area (Å²) in [6.07, 6.45) is 2.96. The zero-order chi connectivity index (χ0) is 13.4. The number of benzene rings is 1. The molecule has 0 aliphatic heterocycles. The van der Waals surface area contributed by atoms with Crippen molar-refractivity contribution < 1.29 is 9.50 Å². The van der Waals surface area contributed by atoms with Gasteiger partial charge in [-0.1, -0.05) is 0 Å². The third-order valence-electron chi connectivity index (χ3n) is 3.07. The van der Waals surface area contributed by atoms with Crippen molar-refractivity contribution in [1.29, 1.82) is 0 Å². The third kappa shape index (κ3) is 1.83. The molecule has 2 aromatic heterocycles. The Morgan fingerprint density at radius 3 is 2.89 bits per heavy atom. The number of aromatic hydroxyl groups is 1. The van der Waals surface area contributed by atoms with Gasteiger partial charge >= 0.3 is 0 Å². The zero-order valence-electron chi connectivity index (χ0n) is 10.3. The van der Waals surface area contributed by atoms with Crippen LogP contribution in [0.15, 0.2) is 36.7 Å². The van der Waals surface area contributed by atoms with E-state index in [1.54, 1.807) is 18.3 Å². The van der Waals surface area contributed by atoms with Gasteiger partial charge in [-0.05, 0) is 31.2 Å². The van der Waals surface area contributed by atoms with E-state index < -0.39 is 0 Å². The molecule has 0 saturated carbocycles. The molecule has 96 valence electrons. The van der Waals surface area contributed by atoms with Crippen LogP contribution in [0.25, 0.3) is 22.4 Å². The summed E-state index contributed by atoms with van der Waals surface area (Å²) < 4.78 is 15.2. The monoisotopic (exact) mass is 257 g/mol. The Morgan fingerprint density at radius 1 is 1.32 bits per heavy atom. The van der Waals surface area contributed by atoms with E-state index in [0.29, 0.717) is 29.0 Å². The molecule has 0 spiro atoms. The molecule has 0 atom stereocenters. The Balaban J connectivity index is 2.33. The highest BCUT2D eigenvalue weighted by atomic mass is 19.1. The number of rotatable bonds is 2. The molecule has 1 aromatic carbocycles. The number of halogens is 1. The van der Waals surface area contributed by atoms with Crippen LogP contribution in [0.5, 0.6) is 5.75 Å². The van der Waals surface area contributed by atoms with Crippen molar-refractivity contribution in [2.75, 3.05) is 0 Å². The first-order chi connectivity index (χ1) is 9.20. The maximum Gasteiger partial charge on any atom is 0.144 e. The van der Waals surface area contributed by atoms with Crippen molar-refractivity contribution in [3.63, 3.8) is 0 Å². The van der Waals surface area contributed by atoms with Crippen LogP contribution in [0.4, 0.5) is 4.39 Å². The van der Waals surface area contributed by atoms with Gasteiger partial charge < -0.3 is 9.67 Å². The number of pyridine rings is 1. The normalized spacial score (nSPS) is 11.1. The molecule has 1 N–H and O–H groups in total. The van der Waals surface area contributed by atoms with Crippen molar-refractivity contribution in [3.8, 4) is 17.1 Å². The van der Waals surface area contributed by atoms with Crippen molar-refractivity contribution in [1.82, 2.24) is 14.5 Å². The molecule has 0 radical (unpaired) electrons. The van der Waals surface area contributed by atoms with Gasteiger partial charge in [0.05, 0.1) is 22.8 Å². The van der Waals surface area contributed by atoms with Gasteiger partial charge in [0.25, 0.3) is 0 Å². The highest BCUT2D eigenvalue weighted by molar-refractivity contribution is 5.81. The molecular weight excluding hydrogens is 245 g/mol. The molecule has 2 heterocycles. The molecule has 3 rings (SSSR count). The number of fused-ring (bicyclic) bond motifs is 1. The summed E-state index contributed by atoms with van der Waals surface area (Å²) in [6.45, 7) is 2.59. The largest absolute Gasteiger partial charge is 0.506 e. The number of hydrogen-bond donors (Lipinski definition) is 1. The van der Waals surface area contributed by atoms with E-state index >= 15 is 0 Å². The average molecular weight is 257 g/mol. The first-order valence-electron chi connectivity index (χ1n) is 6.00. The lowest BCUT2D eigenvalue weighted by Gasteiger charge is -2.07. The second-order valence-corrected chi connectivity index (χ2v) is 4.21. The van der Waals surface area contributed by atoms with Gasteiger partial charge in [0.1, 0.15) is 17.4 Å². The van der Waals surface area contributed by atoms with E-state index in [1.807, 2.05) is 11.5 Å². The third-order valence-corrected chi connectivity index (χ3v) is 3.07. The van der Waals surface area contributed by atoms with Gasteiger partial charge in [-0.25, -0.2) is 9.37 Å². The van der Waals surface area contributed by atoms with Gasteiger partial charge in [-0.3, -0.25) is 4.98 Å². The lowest BCUT2D eigenvalue weighted by Crippen LogP contribution is -1.98. The van der Waals surface area contributed by atoms with Gasteiger partial charge in [0.2, 0.25) is 0 Å². The van der Waals surface area contributed by atoms with Crippen molar-refractivity contribution >= 4 is 11.0 Å². The predicted molar refractivity (Wildman–Crippen MR) is 70.3 cm³/mol. The highest BCUT2D eigenvalue weighted by Gasteiger charge is 2.14. The molecule has 0 saturated heterocycles. The molecular formula is C14H12FN3O. The first kappa shape index (κ1) is 11.6. The molecule has 5 heteroatoms. The summed E-state index contributed by atoms with van der Waals surface area (Å²) in [7, 11) is 0. The van der Waals surface area contributed by atoms with E-state index in [1.165, 1.54) is 18.3 Å². The fourth-order valence-electron chi connectivity index (χ4n) is 2.20. The number of imidazole rings is 1. The molecule has 4 nitrogen and oxygen atoms in total. The lowest BCUT2D eigenvalue weighted by molar-refractivity contribution is 0.474. The smallest absolute Gasteiger partial charge is 0.144 e. The Kier molecular flexibility index (Phi) is 2.67. The van der Waals surface area contributed by atoms with Gasteiger partial charge in [0, 0.05) is 12.7 Å². The maximum atomic E-state index is 13.3. The summed E-state index contributed by atoms with van der Waals surface area (Å²) in [6, 6.07) is 6.16. The zero-order valence-corrected chi connectivity index (χ0v) is 10.3. The number of nitrogens with zero attached hydrogens (tertiary/aromatic N) is 3. The summed E-state index contributed by atoms with van der Waals surface area (Å²) in [4.78, 5) is 8.31. The predicted octanol–water partition coefficient (Wildman–Crippen LogP) is 2.96. The number of aryl methyl sites for hydroxylation is 1. The van der Waals surface area contributed by atoms with Crippen LogP contribution in [0, 0.1) is 5.82 Å². The fraction of sp³-hybridized carbons (Fsp3) is 0.143. The van der Waals surface area contributed by atoms with E-state index in [0.717, 1.165) is 0 Å². The molecule has 19 heavy (non-hydrogen) atoms. The highest BCUT2D eigenvalue weighted by Crippen LogP contribution is 2.30. The molecule has 3 aromatic rings. The summed E-state index contributed by atoms with van der Waals surface area (Å²) >= 11 is 0. The fourth-order valence-corrected chi connectivity index (χ4v) is 2.20. The van der Waals surface area contributed by atoms with Gasteiger partial charge in [0.15, 0.2) is 0 Å². The second kappa shape index (κ2) is 4.35. The SMILES string of the molecule is CCn1c(-c2ccncc2O)nc2ccc(F)cc21. The summed E-state index contributed by atoms with van der Waals surface area (Å²) in [5.74, 6) is 0.378. The lowest BCUT2D eigenvalue weighted by atomic mass is 10.2. The summed E-state index contributed by atoms with van der Waals surface area (Å²) in [5, 5.41) is 9.87. The topological polar surface area (TPSA) is 50.9 Å². The van der Waals surface area contributed by atoms with Crippen LogP contribution >= 0.6 is 0 Å². The molecule has 0 unspecified atom stereocenters. The van der Waals surface area contributed by atoms with E-state index in [2.05, 4.69) is 9.97 Å². The Labute approximate surface area is 109 Å². The minimum Gasteiger partial charge on any atom is -0.506 e. The van der Waals surface area contributed by atoms with E-state index in [9.17, 15) is 9.50 Å². The van der Waals surface area contributed by atoms with Crippen LogP contribution in [0.2, 0.25) is 0 Å². The summed E-state index contributed by atoms with van der Waals surface area (Å²) in [5.41, 5.74) is 2.01. The van der Waals surface area contributed by atoms with Gasteiger partial charge in [-0.15, -0.1) is 0 Å². The quantitative estimate of drug-likeness (QED) is 0.767. The van der Waals surface area contributed by atoms with Crippen molar-refractivity contribution in [2.45, 2.75) is 13.5 Å². The Morgan fingerprint density at radius 2 is 2.16 bits per heavy atom. The van der Waals surface area contributed by atoms with Crippen LogP contribution in [0.1, 0.15) is 6.92 Å². The molecule has 0 amide bonds. The average Bonchev–Trinajstić information content (AvgIpc) is 2.76. The molecule has 0 fully saturated rings. The van der Waals surface area contributed by atoms with Crippen molar-refractivity contribution in [3.05, 3.63) is 42.5 Å². The minimum absolute atomic E-state index is 0.0629. The van der Waals surface area contributed by atoms with E-state index in [4.69, 9.17) is 0 Å². The Bertz CT molecular complexity index is 752. The number of hydrogen-bond acceptors (Lipinski definition) is 3. The second-order valence-electron chi connectivity index (χ2n) is 4.21. The van der Waals surface area contributed by atoms with Gasteiger partial charge in [-0.2, -0.15) is 0 Å². The first-order valence-corrected chi connectivity index (χ1v) is 6.00. The maximum absolute atomic E-state index is 13.3. The van der Waals surface area contributed by atoms with Crippen LogP contribution in [0.3, 0.4) is 0 Å². The Hall–Kier alpha value is -2.43. The van der Waals surface area contributed by atoms with E-state index in [-0.39, 0.29) is 11.6 Å². The van der Waals surface area contributed by atoms with Crippen LogP contribution in [-0.4, -0.2) is 19.6 Å². The molecule has 0 aliphatic rings. The van der Waals surface area contributed by atoms with Crippen molar-refractivity contribution in [2.24, 2.45) is 0 Å². The standard InChI is InChI=1S/C14H12FN3O/c1-2-18-12-7-9(15)3-4-11(12)17-14(18)10-5-6-16-8-13(10)19/h3-8,19H,2H2,1H3. The molecule has 0 aliphatic carbocycles.